The summed E-state index contributed by atoms with van der Waals surface area (Å²) in [5, 5.41) is 0. The smallest absolute Gasteiger partial charge is 0.410 e. The number of terminal acetylenes is 1. The molecule has 100 valence electrons. The second kappa shape index (κ2) is 6.84. The van der Waals surface area contributed by atoms with Crippen molar-refractivity contribution < 1.29 is 9.53 Å². The minimum Gasteiger partial charge on any atom is -0.445 e. The number of ether oxygens (including phenoxy) is 1. The highest BCUT2D eigenvalue weighted by Crippen LogP contribution is 2.20. The Morgan fingerprint density at radius 1 is 1.37 bits per heavy atom. The lowest BCUT2D eigenvalue weighted by atomic mass is 10.0. The first-order valence-electron chi connectivity index (χ1n) is 6.72. The fourth-order valence-electron chi connectivity index (χ4n) is 2.39. The van der Waals surface area contributed by atoms with Crippen LogP contribution in [-0.4, -0.2) is 23.6 Å². The van der Waals surface area contributed by atoms with Gasteiger partial charge in [0, 0.05) is 19.0 Å². The third-order valence-corrected chi connectivity index (χ3v) is 3.42. The molecule has 1 heterocycles. The molecule has 0 aliphatic carbocycles. The molecule has 1 atom stereocenters. The van der Waals surface area contributed by atoms with Crippen LogP contribution in [0.1, 0.15) is 31.2 Å². The number of carbonyl (C=O) groups is 1. The average Bonchev–Trinajstić information content (AvgIpc) is 2.47. The van der Waals surface area contributed by atoms with Crippen LogP contribution in [0.2, 0.25) is 0 Å². The summed E-state index contributed by atoms with van der Waals surface area (Å²) in [4.78, 5) is 13.9. The molecule has 1 aliphatic heterocycles. The topological polar surface area (TPSA) is 29.5 Å². The Hall–Kier alpha value is -1.95. The standard InChI is InChI=1S/C16H19NO2/c1-2-8-15-11-6-7-12-17(15)16(18)19-13-14-9-4-3-5-10-14/h1,3-5,9-10,15H,6-8,11-13H2. The third kappa shape index (κ3) is 3.75. The highest BCUT2D eigenvalue weighted by Gasteiger charge is 2.26. The van der Waals surface area contributed by atoms with Gasteiger partial charge < -0.3 is 9.64 Å². The van der Waals surface area contributed by atoms with Crippen LogP contribution in [0, 0.1) is 12.3 Å². The number of piperidine rings is 1. The van der Waals surface area contributed by atoms with Gasteiger partial charge in [-0.05, 0) is 24.8 Å². The first kappa shape index (κ1) is 13.5. The van der Waals surface area contributed by atoms with E-state index in [9.17, 15) is 4.79 Å². The summed E-state index contributed by atoms with van der Waals surface area (Å²) in [7, 11) is 0. The van der Waals surface area contributed by atoms with Gasteiger partial charge in [0.05, 0.1) is 0 Å². The van der Waals surface area contributed by atoms with Gasteiger partial charge in [0.2, 0.25) is 0 Å². The molecule has 1 unspecified atom stereocenters. The molecule has 0 saturated carbocycles. The predicted octanol–water partition coefficient (Wildman–Crippen LogP) is 3.20. The molecular weight excluding hydrogens is 238 g/mol. The van der Waals surface area contributed by atoms with Crippen LogP contribution in [0.25, 0.3) is 0 Å². The van der Waals surface area contributed by atoms with Crippen LogP contribution in [0.5, 0.6) is 0 Å². The Morgan fingerprint density at radius 2 is 2.16 bits per heavy atom. The molecule has 2 rings (SSSR count). The van der Waals surface area contributed by atoms with E-state index in [4.69, 9.17) is 11.2 Å². The number of hydrogen-bond donors (Lipinski definition) is 0. The molecule has 1 aliphatic rings. The Kier molecular flexibility index (Phi) is 4.85. The van der Waals surface area contributed by atoms with Crippen molar-refractivity contribution in [1.82, 2.24) is 4.90 Å². The molecular formula is C16H19NO2. The van der Waals surface area contributed by atoms with Crippen molar-refractivity contribution in [3.05, 3.63) is 35.9 Å². The van der Waals surface area contributed by atoms with E-state index >= 15 is 0 Å². The summed E-state index contributed by atoms with van der Waals surface area (Å²) in [5.74, 6) is 2.65. The van der Waals surface area contributed by atoms with Gasteiger partial charge in [-0.1, -0.05) is 30.3 Å². The van der Waals surface area contributed by atoms with Crippen LogP contribution in [0.4, 0.5) is 4.79 Å². The number of rotatable bonds is 3. The number of amides is 1. The van der Waals surface area contributed by atoms with E-state index in [2.05, 4.69) is 5.92 Å². The van der Waals surface area contributed by atoms with Crippen molar-refractivity contribution in [2.45, 2.75) is 38.3 Å². The van der Waals surface area contributed by atoms with Gasteiger partial charge in [-0.25, -0.2) is 4.79 Å². The molecule has 0 aromatic heterocycles. The third-order valence-electron chi connectivity index (χ3n) is 3.42. The van der Waals surface area contributed by atoms with Crippen molar-refractivity contribution in [2.75, 3.05) is 6.54 Å². The molecule has 1 amide bonds. The maximum absolute atomic E-state index is 12.1. The van der Waals surface area contributed by atoms with Crippen molar-refractivity contribution in [3.63, 3.8) is 0 Å². The highest BCUT2D eigenvalue weighted by atomic mass is 16.6. The minimum atomic E-state index is -0.246. The van der Waals surface area contributed by atoms with Gasteiger partial charge in [0.1, 0.15) is 6.61 Å². The maximum atomic E-state index is 12.1. The Balaban J connectivity index is 1.89. The van der Waals surface area contributed by atoms with Crippen molar-refractivity contribution in [1.29, 1.82) is 0 Å². The molecule has 1 aromatic rings. The summed E-state index contributed by atoms with van der Waals surface area (Å²) in [6.45, 7) is 1.07. The van der Waals surface area contributed by atoms with Crippen LogP contribution in [0.15, 0.2) is 30.3 Å². The summed E-state index contributed by atoms with van der Waals surface area (Å²) in [6.07, 6.45) is 8.86. The molecule has 1 aromatic carbocycles. The summed E-state index contributed by atoms with van der Waals surface area (Å²) >= 11 is 0. The van der Waals surface area contributed by atoms with Gasteiger partial charge in [0.15, 0.2) is 0 Å². The first-order chi connectivity index (χ1) is 9.31. The Morgan fingerprint density at radius 3 is 2.89 bits per heavy atom. The lowest BCUT2D eigenvalue weighted by Gasteiger charge is -2.33. The molecule has 0 spiro atoms. The van der Waals surface area contributed by atoms with Gasteiger partial charge in [0.25, 0.3) is 0 Å². The molecule has 3 nitrogen and oxygen atoms in total. The van der Waals surface area contributed by atoms with Gasteiger partial charge in [-0.15, -0.1) is 12.3 Å². The predicted molar refractivity (Wildman–Crippen MR) is 74.4 cm³/mol. The first-order valence-corrected chi connectivity index (χ1v) is 6.72. The van der Waals surface area contributed by atoms with Crippen molar-refractivity contribution in [2.24, 2.45) is 0 Å². The Bertz CT molecular complexity index is 450. The summed E-state index contributed by atoms with van der Waals surface area (Å²) < 4.78 is 5.36. The maximum Gasteiger partial charge on any atom is 0.410 e. The van der Waals surface area contributed by atoms with Crippen LogP contribution >= 0.6 is 0 Å². The van der Waals surface area contributed by atoms with E-state index in [1.807, 2.05) is 30.3 Å². The quantitative estimate of drug-likeness (QED) is 0.778. The summed E-state index contributed by atoms with van der Waals surface area (Å²) in [5.41, 5.74) is 1.00. The van der Waals surface area contributed by atoms with E-state index in [1.165, 1.54) is 0 Å². The Labute approximate surface area is 114 Å². The molecule has 1 fully saturated rings. The SMILES string of the molecule is C#CCC1CCCCN1C(=O)OCc1ccccc1. The van der Waals surface area contributed by atoms with Crippen LogP contribution < -0.4 is 0 Å². The highest BCUT2D eigenvalue weighted by molar-refractivity contribution is 5.68. The van der Waals surface area contributed by atoms with E-state index in [0.717, 1.165) is 31.4 Å². The zero-order chi connectivity index (χ0) is 13.5. The minimum absolute atomic E-state index is 0.141. The van der Waals surface area contributed by atoms with Crippen LogP contribution in [0.3, 0.4) is 0 Å². The number of benzene rings is 1. The van der Waals surface area contributed by atoms with Gasteiger partial charge >= 0.3 is 6.09 Å². The zero-order valence-electron chi connectivity index (χ0n) is 11.0. The summed E-state index contributed by atoms with van der Waals surface area (Å²) in [6, 6.07) is 9.85. The van der Waals surface area contributed by atoms with Crippen molar-refractivity contribution >= 4 is 6.09 Å². The average molecular weight is 257 g/mol. The fourth-order valence-corrected chi connectivity index (χ4v) is 2.39. The molecule has 3 heteroatoms. The normalized spacial score (nSPS) is 18.7. The second-order valence-electron chi connectivity index (χ2n) is 4.79. The lowest BCUT2D eigenvalue weighted by Crippen LogP contribution is -2.43. The number of hydrogen-bond acceptors (Lipinski definition) is 2. The zero-order valence-corrected chi connectivity index (χ0v) is 11.0. The van der Waals surface area contributed by atoms with Gasteiger partial charge in [-0.2, -0.15) is 0 Å². The monoisotopic (exact) mass is 257 g/mol. The van der Waals surface area contributed by atoms with E-state index in [0.29, 0.717) is 13.0 Å². The molecule has 0 bridgehead atoms. The van der Waals surface area contributed by atoms with Gasteiger partial charge in [-0.3, -0.25) is 0 Å². The van der Waals surface area contributed by atoms with E-state index in [1.54, 1.807) is 4.90 Å². The fraction of sp³-hybridized carbons (Fsp3) is 0.438. The number of carbonyl (C=O) groups excluding carboxylic acids is 1. The molecule has 1 saturated heterocycles. The number of likely N-dealkylation sites (tertiary alicyclic amines) is 1. The number of nitrogens with zero attached hydrogens (tertiary/aromatic N) is 1. The largest absolute Gasteiger partial charge is 0.445 e. The van der Waals surface area contributed by atoms with Crippen molar-refractivity contribution in [3.8, 4) is 12.3 Å². The van der Waals surface area contributed by atoms with E-state index < -0.39 is 0 Å². The molecule has 0 N–H and O–H groups in total. The van der Waals surface area contributed by atoms with Crippen LogP contribution in [-0.2, 0) is 11.3 Å². The lowest BCUT2D eigenvalue weighted by molar-refractivity contribution is 0.0692. The second-order valence-corrected chi connectivity index (χ2v) is 4.79. The molecule has 0 radical (unpaired) electrons. The molecule has 19 heavy (non-hydrogen) atoms. The van der Waals surface area contributed by atoms with E-state index in [-0.39, 0.29) is 12.1 Å².